The highest BCUT2D eigenvalue weighted by molar-refractivity contribution is 4.88. The summed E-state index contributed by atoms with van der Waals surface area (Å²) < 4.78 is 0. The summed E-state index contributed by atoms with van der Waals surface area (Å²) in [5.74, 6) is 0.456. The molecule has 100 valence electrons. The molecule has 3 unspecified atom stereocenters. The van der Waals surface area contributed by atoms with Gasteiger partial charge >= 0.3 is 0 Å². The summed E-state index contributed by atoms with van der Waals surface area (Å²) in [6, 6.07) is 1.33. The van der Waals surface area contributed by atoms with Gasteiger partial charge in [0.1, 0.15) is 0 Å². The van der Waals surface area contributed by atoms with Crippen molar-refractivity contribution in [3.63, 3.8) is 0 Å². The molecule has 2 N–H and O–H groups in total. The molecule has 3 atom stereocenters. The van der Waals surface area contributed by atoms with E-state index in [4.69, 9.17) is 0 Å². The second kappa shape index (κ2) is 6.17. The third kappa shape index (κ3) is 3.67. The molecule has 0 aromatic heterocycles. The normalized spacial score (nSPS) is 34.1. The Balaban J connectivity index is 1.84. The van der Waals surface area contributed by atoms with Crippen LogP contribution in [0.25, 0.3) is 0 Å². The van der Waals surface area contributed by atoms with E-state index in [1.54, 1.807) is 0 Å². The molecule has 2 fully saturated rings. The summed E-state index contributed by atoms with van der Waals surface area (Å²) >= 11 is 0. The molecule has 3 nitrogen and oxygen atoms in total. The largest absolute Gasteiger partial charge is 0.393 e. The Morgan fingerprint density at radius 1 is 1.24 bits per heavy atom. The Morgan fingerprint density at radius 2 is 1.94 bits per heavy atom. The molecule has 0 aromatic carbocycles. The second-order valence-electron chi connectivity index (χ2n) is 6.04. The summed E-state index contributed by atoms with van der Waals surface area (Å²) in [5, 5.41) is 13.8. The summed E-state index contributed by atoms with van der Waals surface area (Å²) in [6.45, 7) is 4.28. The number of likely N-dealkylation sites (N-methyl/N-ethyl adjacent to an activating group) is 1. The van der Waals surface area contributed by atoms with Gasteiger partial charge in [0.2, 0.25) is 0 Å². The average Bonchev–Trinajstić information content (AvgIpc) is 2.80. The SMILES string of the molecule is CCC(O)C1CC(NC2CCCC2)CN(C)C1. The van der Waals surface area contributed by atoms with Crippen molar-refractivity contribution >= 4 is 0 Å². The van der Waals surface area contributed by atoms with Crippen molar-refractivity contribution in [3.8, 4) is 0 Å². The lowest BCUT2D eigenvalue weighted by atomic mass is 9.88. The molecular formula is C14H28N2O. The van der Waals surface area contributed by atoms with E-state index < -0.39 is 0 Å². The van der Waals surface area contributed by atoms with Crippen molar-refractivity contribution in [3.05, 3.63) is 0 Å². The first-order chi connectivity index (χ1) is 8.19. The van der Waals surface area contributed by atoms with Crippen LogP contribution in [0.15, 0.2) is 0 Å². The van der Waals surface area contributed by atoms with Crippen molar-refractivity contribution in [1.82, 2.24) is 10.2 Å². The number of hydrogen-bond donors (Lipinski definition) is 2. The molecule has 0 spiro atoms. The maximum Gasteiger partial charge on any atom is 0.0578 e. The third-order valence-electron chi connectivity index (χ3n) is 4.45. The molecule has 0 bridgehead atoms. The lowest BCUT2D eigenvalue weighted by Gasteiger charge is -2.39. The van der Waals surface area contributed by atoms with E-state index >= 15 is 0 Å². The number of likely N-dealkylation sites (tertiary alicyclic amines) is 1. The molecule has 2 aliphatic rings. The fourth-order valence-corrected chi connectivity index (χ4v) is 3.52. The van der Waals surface area contributed by atoms with Crippen LogP contribution in [0.1, 0.15) is 45.4 Å². The van der Waals surface area contributed by atoms with Gasteiger partial charge in [-0.1, -0.05) is 19.8 Å². The van der Waals surface area contributed by atoms with Gasteiger partial charge in [-0.25, -0.2) is 0 Å². The minimum Gasteiger partial charge on any atom is -0.393 e. The van der Waals surface area contributed by atoms with Gasteiger partial charge < -0.3 is 15.3 Å². The number of nitrogens with one attached hydrogen (secondary N) is 1. The van der Waals surface area contributed by atoms with E-state index in [-0.39, 0.29) is 6.10 Å². The van der Waals surface area contributed by atoms with Gasteiger partial charge in [0.25, 0.3) is 0 Å². The van der Waals surface area contributed by atoms with Gasteiger partial charge in [-0.15, -0.1) is 0 Å². The van der Waals surface area contributed by atoms with Crippen LogP contribution in [0, 0.1) is 5.92 Å². The first-order valence-corrected chi connectivity index (χ1v) is 7.31. The van der Waals surface area contributed by atoms with Crippen LogP contribution in [0.5, 0.6) is 0 Å². The number of rotatable bonds is 4. The Morgan fingerprint density at radius 3 is 2.59 bits per heavy atom. The maximum absolute atomic E-state index is 10.0. The fourth-order valence-electron chi connectivity index (χ4n) is 3.52. The molecule has 3 heteroatoms. The molecule has 1 heterocycles. The summed E-state index contributed by atoms with van der Waals surface area (Å²) in [7, 11) is 2.18. The van der Waals surface area contributed by atoms with Crippen LogP contribution < -0.4 is 5.32 Å². The fraction of sp³-hybridized carbons (Fsp3) is 1.00. The average molecular weight is 240 g/mol. The molecule has 1 saturated heterocycles. The molecule has 1 aliphatic heterocycles. The van der Waals surface area contributed by atoms with Gasteiger partial charge in [-0.05, 0) is 38.6 Å². The van der Waals surface area contributed by atoms with Crippen LogP contribution >= 0.6 is 0 Å². The zero-order chi connectivity index (χ0) is 12.3. The number of nitrogens with zero attached hydrogens (tertiary/aromatic N) is 1. The minimum atomic E-state index is -0.120. The van der Waals surface area contributed by atoms with Gasteiger partial charge in [0.05, 0.1) is 6.10 Å². The van der Waals surface area contributed by atoms with Crippen LogP contribution in [0.4, 0.5) is 0 Å². The first-order valence-electron chi connectivity index (χ1n) is 7.31. The predicted octanol–water partition coefficient (Wildman–Crippen LogP) is 1.61. The number of aliphatic hydroxyl groups excluding tert-OH is 1. The van der Waals surface area contributed by atoms with Crippen molar-refractivity contribution in [1.29, 1.82) is 0 Å². The molecule has 0 aromatic rings. The van der Waals surface area contributed by atoms with Crippen molar-refractivity contribution in [2.24, 2.45) is 5.92 Å². The van der Waals surface area contributed by atoms with Crippen LogP contribution in [0.2, 0.25) is 0 Å². The van der Waals surface area contributed by atoms with E-state index in [9.17, 15) is 5.11 Å². The Kier molecular flexibility index (Phi) is 4.83. The lowest BCUT2D eigenvalue weighted by molar-refractivity contribution is 0.0427. The second-order valence-corrected chi connectivity index (χ2v) is 6.04. The van der Waals surface area contributed by atoms with Crippen molar-refractivity contribution in [2.75, 3.05) is 20.1 Å². The Hall–Kier alpha value is -0.120. The lowest BCUT2D eigenvalue weighted by Crippen LogP contribution is -2.52. The van der Waals surface area contributed by atoms with Gasteiger partial charge in [0, 0.05) is 25.2 Å². The highest BCUT2D eigenvalue weighted by Gasteiger charge is 2.30. The van der Waals surface area contributed by atoms with Gasteiger partial charge in [-0.2, -0.15) is 0 Å². The highest BCUT2D eigenvalue weighted by Crippen LogP contribution is 2.24. The zero-order valence-corrected chi connectivity index (χ0v) is 11.4. The van der Waals surface area contributed by atoms with E-state index in [0.29, 0.717) is 12.0 Å². The standard InChI is InChI=1S/C14H28N2O/c1-3-14(17)11-8-13(10-16(2)9-11)15-12-6-4-5-7-12/h11-15,17H,3-10H2,1-2H3. The van der Waals surface area contributed by atoms with Crippen LogP contribution in [-0.4, -0.2) is 48.3 Å². The Labute approximate surface area is 106 Å². The topological polar surface area (TPSA) is 35.5 Å². The van der Waals surface area contributed by atoms with E-state index in [2.05, 4.69) is 24.2 Å². The maximum atomic E-state index is 10.0. The Bertz CT molecular complexity index is 228. The summed E-state index contributed by atoms with van der Waals surface area (Å²) in [4.78, 5) is 2.37. The third-order valence-corrected chi connectivity index (χ3v) is 4.45. The monoisotopic (exact) mass is 240 g/mol. The van der Waals surface area contributed by atoms with E-state index in [0.717, 1.165) is 32.0 Å². The molecule has 17 heavy (non-hydrogen) atoms. The molecule has 0 amide bonds. The quantitative estimate of drug-likeness (QED) is 0.783. The van der Waals surface area contributed by atoms with Crippen molar-refractivity contribution in [2.45, 2.75) is 63.6 Å². The van der Waals surface area contributed by atoms with Crippen molar-refractivity contribution < 1.29 is 5.11 Å². The molecule has 1 aliphatic carbocycles. The first kappa shape index (κ1) is 13.3. The van der Waals surface area contributed by atoms with Crippen LogP contribution in [-0.2, 0) is 0 Å². The number of piperidine rings is 1. The van der Waals surface area contributed by atoms with E-state index in [1.807, 2.05) is 0 Å². The predicted molar refractivity (Wildman–Crippen MR) is 71.1 cm³/mol. The smallest absolute Gasteiger partial charge is 0.0578 e. The molecule has 0 radical (unpaired) electrons. The highest BCUT2D eigenvalue weighted by atomic mass is 16.3. The molecular weight excluding hydrogens is 212 g/mol. The van der Waals surface area contributed by atoms with Crippen LogP contribution in [0.3, 0.4) is 0 Å². The van der Waals surface area contributed by atoms with Gasteiger partial charge in [0.15, 0.2) is 0 Å². The zero-order valence-electron chi connectivity index (χ0n) is 11.4. The van der Waals surface area contributed by atoms with E-state index in [1.165, 1.54) is 25.7 Å². The molecule has 2 rings (SSSR count). The number of aliphatic hydroxyl groups is 1. The summed E-state index contributed by atoms with van der Waals surface area (Å²) in [6.07, 6.45) is 7.39. The van der Waals surface area contributed by atoms with Gasteiger partial charge in [-0.3, -0.25) is 0 Å². The molecule has 1 saturated carbocycles. The summed E-state index contributed by atoms with van der Waals surface area (Å²) in [5.41, 5.74) is 0. The number of hydrogen-bond acceptors (Lipinski definition) is 3. The minimum absolute atomic E-state index is 0.120.